The fourth-order valence-electron chi connectivity index (χ4n) is 3.32. The number of rotatable bonds is 6. The van der Waals surface area contributed by atoms with Gasteiger partial charge in [0.15, 0.2) is 5.76 Å². The van der Waals surface area contributed by atoms with Crippen molar-refractivity contribution in [1.29, 1.82) is 0 Å². The summed E-state index contributed by atoms with van der Waals surface area (Å²) in [6.45, 7) is 4.66. The van der Waals surface area contributed by atoms with E-state index in [0.717, 1.165) is 19.4 Å². The van der Waals surface area contributed by atoms with Crippen LogP contribution in [0.3, 0.4) is 0 Å². The highest BCUT2D eigenvalue weighted by atomic mass is 16.3. The fourth-order valence-corrected chi connectivity index (χ4v) is 3.32. The van der Waals surface area contributed by atoms with Gasteiger partial charge in [-0.05, 0) is 42.8 Å². The highest BCUT2D eigenvalue weighted by Gasteiger charge is 2.26. The third-order valence-corrected chi connectivity index (χ3v) is 5.16. The van der Waals surface area contributed by atoms with Crippen molar-refractivity contribution < 1.29 is 18.8 Å². The molecule has 7 heteroatoms. The van der Waals surface area contributed by atoms with E-state index in [1.54, 1.807) is 58.1 Å². The monoisotopic (exact) mass is 397 g/mol. The van der Waals surface area contributed by atoms with E-state index >= 15 is 0 Å². The maximum absolute atomic E-state index is 12.8. The summed E-state index contributed by atoms with van der Waals surface area (Å²) in [5.41, 5.74) is 1.12. The summed E-state index contributed by atoms with van der Waals surface area (Å²) < 4.78 is 5.16. The zero-order valence-corrected chi connectivity index (χ0v) is 17.0. The number of hydrogen-bond acceptors (Lipinski definition) is 4. The molecule has 0 atom stereocenters. The zero-order chi connectivity index (χ0) is 20.8. The Labute approximate surface area is 170 Å². The third-order valence-electron chi connectivity index (χ3n) is 5.16. The van der Waals surface area contributed by atoms with E-state index in [4.69, 9.17) is 4.42 Å². The molecule has 3 rings (SSSR count). The zero-order valence-electron chi connectivity index (χ0n) is 17.0. The van der Waals surface area contributed by atoms with E-state index in [0.29, 0.717) is 43.1 Å². The van der Waals surface area contributed by atoms with Gasteiger partial charge in [-0.3, -0.25) is 14.4 Å². The first kappa shape index (κ1) is 20.6. The molecule has 1 fully saturated rings. The molecule has 29 heavy (non-hydrogen) atoms. The van der Waals surface area contributed by atoms with Gasteiger partial charge in [0.05, 0.1) is 6.26 Å². The summed E-state index contributed by atoms with van der Waals surface area (Å²) in [5, 5.41) is 0. The van der Waals surface area contributed by atoms with E-state index in [-0.39, 0.29) is 17.7 Å². The Morgan fingerprint density at radius 2 is 1.52 bits per heavy atom. The molecule has 0 spiro atoms. The topological polar surface area (TPSA) is 74.1 Å². The standard InChI is InChI=1S/C22H27N3O4/c1-3-4-11-23(2)20(26)17-7-9-18(10-8-17)21(27)24-12-14-25(15-13-24)22(28)19-6-5-16-29-19/h5-10,16H,3-4,11-15H2,1-2H3. The van der Waals surface area contributed by atoms with Crippen LogP contribution in [-0.2, 0) is 0 Å². The van der Waals surface area contributed by atoms with Crippen LogP contribution in [0.2, 0.25) is 0 Å². The van der Waals surface area contributed by atoms with Crippen molar-refractivity contribution in [2.24, 2.45) is 0 Å². The van der Waals surface area contributed by atoms with Gasteiger partial charge >= 0.3 is 0 Å². The summed E-state index contributed by atoms with van der Waals surface area (Å²) >= 11 is 0. The maximum Gasteiger partial charge on any atom is 0.289 e. The lowest BCUT2D eigenvalue weighted by Crippen LogP contribution is -2.50. The Bertz CT molecular complexity index is 837. The van der Waals surface area contributed by atoms with E-state index < -0.39 is 0 Å². The molecular formula is C22H27N3O4. The van der Waals surface area contributed by atoms with Crippen LogP contribution >= 0.6 is 0 Å². The van der Waals surface area contributed by atoms with E-state index in [1.165, 1.54) is 6.26 Å². The summed E-state index contributed by atoms with van der Waals surface area (Å²) in [6.07, 6.45) is 3.47. The van der Waals surface area contributed by atoms with Crippen molar-refractivity contribution >= 4 is 17.7 Å². The van der Waals surface area contributed by atoms with Crippen molar-refractivity contribution in [3.05, 3.63) is 59.5 Å². The first-order valence-electron chi connectivity index (χ1n) is 9.99. The van der Waals surface area contributed by atoms with Crippen molar-refractivity contribution in [3.63, 3.8) is 0 Å². The fraction of sp³-hybridized carbons (Fsp3) is 0.409. The highest BCUT2D eigenvalue weighted by molar-refractivity contribution is 5.98. The van der Waals surface area contributed by atoms with Gasteiger partial charge in [-0.25, -0.2) is 0 Å². The smallest absolute Gasteiger partial charge is 0.289 e. The Morgan fingerprint density at radius 3 is 2.07 bits per heavy atom. The lowest BCUT2D eigenvalue weighted by molar-refractivity contribution is 0.0518. The number of furan rings is 1. The van der Waals surface area contributed by atoms with Gasteiger partial charge in [-0.2, -0.15) is 0 Å². The molecule has 0 saturated carbocycles. The molecule has 3 amide bonds. The minimum Gasteiger partial charge on any atom is -0.459 e. The molecule has 2 aromatic rings. The van der Waals surface area contributed by atoms with Crippen LogP contribution in [-0.4, -0.2) is 72.2 Å². The third kappa shape index (κ3) is 4.85. The first-order chi connectivity index (χ1) is 14.0. The molecule has 1 aliphatic heterocycles. The molecule has 0 bridgehead atoms. The predicted molar refractivity (Wildman–Crippen MR) is 109 cm³/mol. The molecule has 7 nitrogen and oxygen atoms in total. The quantitative estimate of drug-likeness (QED) is 0.751. The van der Waals surface area contributed by atoms with Crippen LogP contribution in [0.5, 0.6) is 0 Å². The van der Waals surface area contributed by atoms with Crippen LogP contribution in [0.25, 0.3) is 0 Å². The number of benzene rings is 1. The summed E-state index contributed by atoms with van der Waals surface area (Å²) in [4.78, 5) is 42.6. The average molecular weight is 397 g/mol. The highest BCUT2D eigenvalue weighted by Crippen LogP contribution is 2.14. The van der Waals surface area contributed by atoms with E-state index in [9.17, 15) is 14.4 Å². The van der Waals surface area contributed by atoms with Gasteiger partial charge in [-0.15, -0.1) is 0 Å². The van der Waals surface area contributed by atoms with Gasteiger partial charge < -0.3 is 19.1 Å². The Hall–Kier alpha value is -3.09. The summed E-state index contributed by atoms with van der Waals surface area (Å²) in [5.74, 6) is 0.0297. The Morgan fingerprint density at radius 1 is 0.931 bits per heavy atom. The number of hydrogen-bond donors (Lipinski definition) is 0. The lowest BCUT2D eigenvalue weighted by atomic mass is 10.1. The van der Waals surface area contributed by atoms with Crippen LogP contribution < -0.4 is 0 Å². The second-order valence-corrected chi connectivity index (χ2v) is 7.22. The van der Waals surface area contributed by atoms with Crippen LogP contribution in [0.15, 0.2) is 47.1 Å². The molecule has 0 unspecified atom stereocenters. The molecular weight excluding hydrogens is 370 g/mol. The van der Waals surface area contributed by atoms with Gasteiger partial charge in [0, 0.05) is 50.9 Å². The van der Waals surface area contributed by atoms with Crippen LogP contribution in [0, 0.1) is 0 Å². The van der Waals surface area contributed by atoms with Gasteiger partial charge in [0.1, 0.15) is 0 Å². The average Bonchev–Trinajstić information content (AvgIpc) is 3.31. The summed E-state index contributed by atoms with van der Waals surface area (Å²) in [6, 6.07) is 10.1. The molecule has 1 aromatic heterocycles. The minimum atomic E-state index is -0.155. The Balaban J connectivity index is 1.56. The summed E-state index contributed by atoms with van der Waals surface area (Å²) in [7, 11) is 1.79. The van der Waals surface area contributed by atoms with Gasteiger partial charge in [0.2, 0.25) is 0 Å². The van der Waals surface area contributed by atoms with Gasteiger partial charge in [0.25, 0.3) is 17.7 Å². The molecule has 1 saturated heterocycles. The molecule has 154 valence electrons. The number of nitrogens with zero attached hydrogens (tertiary/aromatic N) is 3. The molecule has 0 N–H and O–H groups in total. The largest absolute Gasteiger partial charge is 0.459 e. The maximum atomic E-state index is 12.8. The number of carbonyl (C=O) groups excluding carboxylic acids is 3. The molecule has 1 aliphatic rings. The van der Waals surface area contributed by atoms with Crippen molar-refractivity contribution in [2.75, 3.05) is 39.8 Å². The lowest BCUT2D eigenvalue weighted by Gasteiger charge is -2.34. The van der Waals surface area contributed by atoms with Crippen LogP contribution in [0.1, 0.15) is 51.0 Å². The first-order valence-corrected chi connectivity index (χ1v) is 9.99. The van der Waals surface area contributed by atoms with E-state index in [1.807, 2.05) is 0 Å². The number of carbonyl (C=O) groups is 3. The van der Waals surface area contributed by atoms with Crippen molar-refractivity contribution in [1.82, 2.24) is 14.7 Å². The second kappa shape index (κ2) is 9.41. The minimum absolute atomic E-state index is 0.0394. The Kier molecular flexibility index (Phi) is 6.69. The molecule has 2 heterocycles. The number of unbranched alkanes of at least 4 members (excludes halogenated alkanes) is 1. The normalized spacial score (nSPS) is 14.0. The van der Waals surface area contributed by atoms with Gasteiger partial charge in [-0.1, -0.05) is 13.3 Å². The van der Waals surface area contributed by atoms with Crippen LogP contribution in [0.4, 0.5) is 0 Å². The SMILES string of the molecule is CCCCN(C)C(=O)c1ccc(C(=O)N2CCN(C(=O)c3ccco3)CC2)cc1. The van der Waals surface area contributed by atoms with Crippen molar-refractivity contribution in [2.45, 2.75) is 19.8 Å². The second-order valence-electron chi connectivity index (χ2n) is 7.22. The molecule has 0 radical (unpaired) electrons. The number of piperazine rings is 1. The molecule has 0 aliphatic carbocycles. The predicted octanol–water partition coefficient (Wildman–Crippen LogP) is 2.75. The van der Waals surface area contributed by atoms with E-state index in [2.05, 4.69) is 6.92 Å². The molecule has 1 aromatic carbocycles. The van der Waals surface area contributed by atoms with Crippen molar-refractivity contribution in [3.8, 4) is 0 Å². The number of amides is 3.